The van der Waals surface area contributed by atoms with Crippen molar-refractivity contribution >= 4 is 23.2 Å². The molecular formula is C17H19ClN4O2. The Morgan fingerprint density at radius 3 is 2.83 bits per heavy atom. The molecule has 0 bridgehead atoms. The number of rotatable bonds is 3. The van der Waals surface area contributed by atoms with Crippen LogP contribution in [0.5, 0.6) is 0 Å². The lowest BCUT2D eigenvalue weighted by Crippen LogP contribution is -2.55. The van der Waals surface area contributed by atoms with Crippen molar-refractivity contribution < 1.29 is 4.79 Å². The summed E-state index contributed by atoms with van der Waals surface area (Å²) in [5, 5.41) is 6.15. The van der Waals surface area contributed by atoms with Gasteiger partial charge in [0.25, 0.3) is 5.56 Å². The normalized spacial score (nSPS) is 18.1. The van der Waals surface area contributed by atoms with E-state index in [-0.39, 0.29) is 23.5 Å². The molecule has 3 rings (SSSR count). The zero-order valence-corrected chi connectivity index (χ0v) is 14.4. The monoisotopic (exact) mass is 346 g/mol. The lowest BCUT2D eigenvalue weighted by atomic mass is 10.1. The summed E-state index contributed by atoms with van der Waals surface area (Å²) in [5.74, 6) is 0.00713. The molecule has 1 aliphatic heterocycles. The van der Waals surface area contributed by atoms with E-state index in [2.05, 4.69) is 10.2 Å². The molecule has 7 heteroatoms. The lowest BCUT2D eigenvalue weighted by Gasteiger charge is -2.40. The highest BCUT2D eigenvalue weighted by Gasteiger charge is 2.31. The fourth-order valence-corrected chi connectivity index (χ4v) is 3.16. The van der Waals surface area contributed by atoms with Crippen molar-refractivity contribution in [3.05, 3.63) is 57.0 Å². The highest BCUT2D eigenvalue weighted by Crippen LogP contribution is 2.26. The summed E-state index contributed by atoms with van der Waals surface area (Å²) in [4.78, 5) is 27.9. The summed E-state index contributed by atoms with van der Waals surface area (Å²) in [5.41, 5.74) is 2.36. The quantitative estimate of drug-likeness (QED) is 0.922. The largest absolute Gasteiger partial charge is 0.355 e. The Kier molecular flexibility index (Phi) is 4.57. The number of carbonyl (C=O) groups excluding carboxylic acids is 1. The van der Waals surface area contributed by atoms with Crippen molar-refractivity contribution in [2.45, 2.75) is 26.4 Å². The van der Waals surface area contributed by atoms with Crippen LogP contribution in [0.25, 0.3) is 0 Å². The molecule has 1 atom stereocenters. The second kappa shape index (κ2) is 6.65. The van der Waals surface area contributed by atoms with E-state index < -0.39 is 5.56 Å². The van der Waals surface area contributed by atoms with Crippen molar-refractivity contribution in [2.24, 2.45) is 0 Å². The van der Waals surface area contributed by atoms with Crippen LogP contribution in [0.1, 0.15) is 18.1 Å². The number of hydrogen-bond donors (Lipinski definition) is 1. The standard InChI is InChI=1S/C17H19ClN4O2/c1-11-5-3-4-6-13(11)9-21-8-12(2)22(10-15(21)23)14-7-19-20-17(24)16(14)18/h3-7,12H,8-10H2,1-2H3,(H,20,24)/t12-/m0/s1. The minimum absolute atomic E-state index is 0.00713. The molecule has 2 aromatic rings. The van der Waals surface area contributed by atoms with E-state index in [0.29, 0.717) is 18.8 Å². The minimum atomic E-state index is -0.448. The molecule has 24 heavy (non-hydrogen) atoms. The van der Waals surface area contributed by atoms with Gasteiger partial charge in [-0.3, -0.25) is 9.59 Å². The molecule has 1 aromatic heterocycles. The van der Waals surface area contributed by atoms with E-state index in [9.17, 15) is 9.59 Å². The van der Waals surface area contributed by atoms with E-state index in [1.165, 1.54) is 11.8 Å². The fourth-order valence-electron chi connectivity index (χ4n) is 2.96. The minimum Gasteiger partial charge on any atom is -0.355 e. The average molecular weight is 347 g/mol. The number of carbonyl (C=O) groups is 1. The van der Waals surface area contributed by atoms with Gasteiger partial charge >= 0.3 is 0 Å². The first kappa shape index (κ1) is 16.5. The molecule has 2 heterocycles. The zero-order chi connectivity index (χ0) is 17.3. The number of benzene rings is 1. The van der Waals surface area contributed by atoms with Crippen LogP contribution in [-0.4, -0.2) is 40.1 Å². The van der Waals surface area contributed by atoms with E-state index >= 15 is 0 Å². The summed E-state index contributed by atoms with van der Waals surface area (Å²) in [6.45, 7) is 5.38. The molecule has 1 amide bonds. The number of nitrogens with zero attached hydrogens (tertiary/aromatic N) is 3. The van der Waals surface area contributed by atoms with Crippen LogP contribution in [0, 0.1) is 6.92 Å². The lowest BCUT2D eigenvalue weighted by molar-refractivity contribution is -0.132. The molecule has 1 aromatic carbocycles. The highest BCUT2D eigenvalue weighted by atomic mass is 35.5. The van der Waals surface area contributed by atoms with Crippen molar-refractivity contribution in [3.63, 3.8) is 0 Å². The molecule has 0 aliphatic carbocycles. The summed E-state index contributed by atoms with van der Waals surface area (Å²) >= 11 is 6.08. The fraction of sp³-hybridized carbons (Fsp3) is 0.353. The molecule has 126 valence electrons. The van der Waals surface area contributed by atoms with Gasteiger partial charge in [0.2, 0.25) is 5.91 Å². The Balaban J connectivity index is 1.80. The Bertz CT molecular complexity index is 820. The number of piperazine rings is 1. The molecule has 0 unspecified atom stereocenters. The van der Waals surface area contributed by atoms with Gasteiger partial charge in [0, 0.05) is 19.1 Å². The number of halogens is 1. The Hall–Kier alpha value is -2.34. The van der Waals surface area contributed by atoms with E-state index in [1.54, 1.807) is 0 Å². The van der Waals surface area contributed by atoms with Gasteiger partial charge in [0.15, 0.2) is 0 Å². The van der Waals surface area contributed by atoms with Crippen LogP contribution in [0.4, 0.5) is 5.69 Å². The SMILES string of the molecule is Cc1ccccc1CN1C[C@H](C)N(c2cn[nH]c(=O)c2Cl)CC1=O. The molecule has 1 saturated heterocycles. The summed E-state index contributed by atoms with van der Waals surface area (Å²) in [6.07, 6.45) is 1.49. The van der Waals surface area contributed by atoms with Gasteiger partial charge in [-0.25, -0.2) is 5.10 Å². The first-order valence-electron chi connectivity index (χ1n) is 7.79. The Labute approximate surface area is 145 Å². The van der Waals surface area contributed by atoms with Gasteiger partial charge in [-0.1, -0.05) is 35.9 Å². The van der Waals surface area contributed by atoms with Crippen molar-refractivity contribution in [3.8, 4) is 0 Å². The molecule has 0 saturated carbocycles. The molecule has 0 spiro atoms. The first-order chi connectivity index (χ1) is 11.5. The Morgan fingerprint density at radius 1 is 1.33 bits per heavy atom. The maximum Gasteiger partial charge on any atom is 0.285 e. The second-order valence-electron chi connectivity index (χ2n) is 6.08. The van der Waals surface area contributed by atoms with Gasteiger partial charge in [-0.15, -0.1) is 0 Å². The number of anilines is 1. The van der Waals surface area contributed by atoms with Crippen LogP contribution in [0.3, 0.4) is 0 Å². The molecule has 0 radical (unpaired) electrons. The molecule has 6 nitrogen and oxygen atoms in total. The van der Waals surface area contributed by atoms with Crippen molar-refractivity contribution in [1.29, 1.82) is 0 Å². The van der Waals surface area contributed by atoms with E-state index in [1.807, 2.05) is 47.9 Å². The van der Waals surface area contributed by atoms with Crippen molar-refractivity contribution in [2.75, 3.05) is 18.0 Å². The van der Waals surface area contributed by atoms with E-state index in [4.69, 9.17) is 11.6 Å². The Morgan fingerprint density at radius 2 is 2.08 bits per heavy atom. The number of nitrogens with one attached hydrogen (secondary N) is 1. The average Bonchev–Trinajstić information content (AvgIpc) is 2.55. The predicted octanol–water partition coefficient (Wildman–Crippen LogP) is 1.97. The number of aromatic nitrogens is 2. The predicted molar refractivity (Wildman–Crippen MR) is 93.3 cm³/mol. The van der Waals surface area contributed by atoms with Gasteiger partial charge in [0.1, 0.15) is 5.02 Å². The topological polar surface area (TPSA) is 69.3 Å². The van der Waals surface area contributed by atoms with Crippen LogP contribution >= 0.6 is 11.6 Å². The molecular weight excluding hydrogens is 328 g/mol. The summed E-state index contributed by atoms with van der Waals surface area (Å²) in [6, 6.07) is 8.09. The summed E-state index contributed by atoms with van der Waals surface area (Å²) < 4.78 is 0. The highest BCUT2D eigenvalue weighted by molar-refractivity contribution is 6.33. The van der Waals surface area contributed by atoms with Crippen LogP contribution in [0.2, 0.25) is 5.02 Å². The third-order valence-electron chi connectivity index (χ3n) is 4.38. The van der Waals surface area contributed by atoms with E-state index in [0.717, 1.165) is 5.56 Å². The molecule has 1 N–H and O–H groups in total. The second-order valence-corrected chi connectivity index (χ2v) is 6.45. The van der Waals surface area contributed by atoms with Gasteiger partial charge in [0.05, 0.1) is 18.4 Å². The molecule has 1 fully saturated rings. The zero-order valence-electron chi connectivity index (χ0n) is 13.6. The van der Waals surface area contributed by atoms with Crippen LogP contribution < -0.4 is 10.5 Å². The van der Waals surface area contributed by atoms with Crippen LogP contribution in [0.15, 0.2) is 35.3 Å². The van der Waals surface area contributed by atoms with Crippen LogP contribution in [-0.2, 0) is 11.3 Å². The maximum atomic E-state index is 12.6. The maximum absolute atomic E-state index is 12.6. The van der Waals surface area contributed by atoms with Gasteiger partial charge < -0.3 is 9.80 Å². The number of H-pyrrole nitrogens is 1. The number of amides is 1. The third kappa shape index (κ3) is 3.14. The summed E-state index contributed by atoms with van der Waals surface area (Å²) in [7, 11) is 0. The van der Waals surface area contributed by atoms with Gasteiger partial charge in [-0.05, 0) is 25.0 Å². The smallest absolute Gasteiger partial charge is 0.285 e. The number of aromatic amines is 1. The van der Waals surface area contributed by atoms with Gasteiger partial charge in [-0.2, -0.15) is 5.10 Å². The third-order valence-corrected chi connectivity index (χ3v) is 4.75. The first-order valence-corrected chi connectivity index (χ1v) is 8.17. The number of hydrogen-bond acceptors (Lipinski definition) is 4. The number of aryl methyl sites for hydroxylation is 1. The molecule has 1 aliphatic rings. The van der Waals surface area contributed by atoms with Crippen molar-refractivity contribution in [1.82, 2.24) is 15.1 Å².